The van der Waals surface area contributed by atoms with Gasteiger partial charge in [-0.05, 0) is 37.5 Å². The fourth-order valence-corrected chi connectivity index (χ4v) is 11.3. The van der Waals surface area contributed by atoms with Gasteiger partial charge in [0.15, 0.2) is 12.2 Å². The van der Waals surface area contributed by atoms with Crippen molar-refractivity contribution in [3.8, 4) is 0 Å². The summed E-state index contributed by atoms with van der Waals surface area (Å²) in [5.74, 6) is -0.597. The van der Waals surface area contributed by atoms with Crippen LogP contribution in [-0.2, 0) is 65.4 Å². The highest BCUT2D eigenvalue weighted by atomic mass is 31.2. The van der Waals surface area contributed by atoms with Gasteiger partial charge in [-0.15, -0.1) is 0 Å². The summed E-state index contributed by atoms with van der Waals surface area (Å²) in [6.45, 7) is 9.42. The van der Waals surface area contributed by atoms with Crippen LogP contribution in [0.25, 0.3) is 0 Å². The van der Waals surface area contributed by atoms with E-state index in [1.807, 2.05) is 0 Å². The zero-order chi connectivity index (χ0) is 62.2. The fraction of sp³-hybridized carbons (Fsp3) is 0.938. The van der Waals surface area contributed by atoms with E-state index in [4.69, 9.17) is 37.0 Å². The van der Waals surface area contributed by atoms with E-state index in [-0.39, 0.29) is 25.7 Å². The van der Waals surface area contributed by atoms with Crippen LogP contribution in [-0.4, -0.2) is 96.7 Å². The van der Waals surface area contributed by atoms with Crippen molar-refractivity contribution in [1.29, 1.82) is 0 Å². The van der Waals surface area contributed by atoms with E-state index in [9.17, 15) is 43.2 Å². The SMILES string of the molecule is CCCCCCCCCCCCC(=O)O[C@H](COC(=O)CCCCCCC)COP(=O)(O)OC[C@H](O)COP(=O)(O)OC[C@@H](COC(=O)CCCCCCCCCCCCC(C)C)OC(=O)CCCCCCCCCCCCCCCC(C)C. The van der Waals surface area contributed by atoms with Gasteiger partial charge in [-0.3, -0.25) is 37.3 Å². The van der Waals surface area contributed by atoms with Crippen molar-refractivity contribution < 1.29 is 80.2 Å². The first-order chi connectivity index (χ1) is 40.4. The van der Waals surface area contributed by atoms with Crippen LogP contribution < -0.4 is 0 Å². The van der Waals surface area contributed by atoms with Gasteiger partial charge in [-0.25, -0.2) is 9.13 Å². The van der Waals surface area contributed by atoms with Gasteiger partial charge in [0, 0.05) is 25.7 Å². The second kappa shape index (κ2) is 57.5. The van der Waals surface area contributed by atoms with Crippen molar-refractivity contribution in [2.45, 2.75) is 342 Å². The molecular weight excluding hydrogens is 1110 g/mol. The molecule has 0 fully saturated rings. The molecule has 498 valence electrons. The Labute approximate surface area is 511 Å². The molecule has 0 aromatic heterocycles. The van der Waals surface area contributed by atoms with Gasteiger partial charge in [0.05, 0.1) is 26.4 Å². The topological polar surface area (TPSA) is 237 Å². The molecule has 0 spiro atoms. The second-order valence-corrected chi connectivity index (χ2v) is 27.4. The largest absolute Gasteiger partial charge is 0.472 e. The highest BCUT2D eigenvalue weighted by molar-refractivity contribution is 7.47. The lowest BCUT2D eigenvalue weighted by molar-refractivity contribution is -0.161. The highest BCUT2D eigenvalue weighted by Gasteiger charge is 2.30. The average molecular weight is 1240 g/mol. The number of hydrogen-bond donors (Lipinski definition) is 3. The molecule has 3 N–H and O–H groups in total. The predicted molar refractivity (Wildman–Crippen MR) is 335 cm³/mol. The zero-order valence-corrected chi connectivity index (χ0v) is 56.0. The van der Waals surface area contributed by atoms with Crippen molar-refractivity contribution in [2.75, 3.05) is 39.6 Å². The van der Waals surface area contributed by atoms with Crippen LogP contribution in [0.2, 0.25) is 0 Å². The maximum atomic E-state index is 13.0. The number of aliphatic hydroxyl groups excluding tert-OH is 1. The van der Waals surface area contributed by atoms with E-state index in [0.717, 1.165) is 108 Å². The number of unbranched alkanes of at least 4 members (excludes halogenated alkanes) is 34. The first kappa shape index (κ1) is 82.1. The highest BCUT2D eigenvalue weighted by Crippen LogP contribution is 2.45. The third kappa shape index (κ3) is 59.0. The Morgan fingerprint density at radius 1 is 0.321 bits per heavy atom. The van der Waals surface area contributed by atoms with E-state index >= 15 is 0 Å². The smallest absolute Gasteiger partial charge is 0.462 e. The monoisotopic (exact) mass is 1240 g/mol. The van der Waals surface area contributed by atoms with E-state index in [2.05, 4.69) is 41.5 Å². The number of aliphatic hydroxyl groups is 1. The standard InChI is InChI=1S/C65H126O17P2/c1-7-9-11-13-14-15-25-31-37-43-49-64(69)81-60(53-75-62(67)47-41-33-12-10-8-2)55-79-83(71,72)77-51-59(66)52-78-84(73,74)80-56-61(54-76-63(68)48-42-36-30-26-22-21-24-29-35-40-46-58(5)6)82-65(70)50-44-38-32-27-20-18-16-17-19-23-28-34-39-45-57(3)4/h57-61,66H,7-56H2,1-6H3,(H,71,72)(H,73,74)/t59-,60+,61+/m0/s1. The Morgan fingerprint density at radius 2 is 0.548 bits per heavy atom. The molecule has 17 nitrogen and oxygen atoms in total. The Balaban J connectivity index is 5.17. The summed E-state index contributed by atoms with van der Waals surface area (Å²) in [4.78, 5) is 72.0. The molecule has 0 bridgehead atoms. The van der Waals surface area contributed by atoms with Crippen molar-refractivity contribution in [3.63, 3.8) is 0 Å². The molecule has 0 saturated heterocycles. The normalized spacial score (nSPS) is 14.3. The van der Waals surface area contributed by atoms with Crippen LogP contribution in [0.3, 0.4) is 0 Å². The molecule has 0 aliphatic rings. The number of carbonyl (C=O) groups is 4. The summed E-state index contributed by atoms with van der Waals surface area (Å²) in [5.41, 5.74) is 0. The molecule has 0 aromatic carbocycles. The van der Waals surface area contributed by atoms with Gasteiger partial charge in [-0.2, -0.15) is 0 Å². The quantitative estimate of drug-likeness (QED) is 0.0222. The summed E-state index contributed by atoms with van der Waals surface area (Å²) >= 11 is 0. The molecule has 0 aromatic rings. The predicted octanol–water partition coefficient (Wildman–Crippen LogP) is 18.0. The summed E-state index contributed by atoms with van der Waals surface area (Å²) in [6, 6.07) is 0. The molecule has 0 radical (unpaired) electrons. The molecule has 0 rings (SSSR count). The zero-order valence-electron chi connectivity index (χ0n) is 54.2. The minimum atomic E-state index is -4.95. The van der Waals surface area contributed by atoms with Crippen LogP contribution in [0, 0.1) is 11.8 Å². The van der Waals surface area contributed by atoms with Crippen LogP contribution in [0.1, 0.15) is 324 Å². The van der Waals surface area contributed by atoms with E-state index in [1.165, 1.54) is 135 Å². The number of esters is 4. The molecule has 0 saturated carbocycles. The van der Waals surface area contributed by atoms with Gasteiger partial charge >= 0.3 is 39.5 Å². The van der Waals surface area contributed by atoms with Gasteiger partial charge in [0.2, 0.25) is 0 Å². The number of ether oxygens (including phenoxy) is 4. The molecule has 2 unspecified atom stereocenters. The van der Waals surface area contributed by atoms with Crippen LogP contribution in [0.15, 0.2) is 0 Å². The lowest BCUT2D eigenvalue weighted by atomic mass is 10.0. The number of phosphoric ester groups is 2. The average Bonchev–Trinajstić information content (AvgIpc) is 3.60. The van der Waals surface area contributed by atoms with Crippen molar-refractivity contribution >= 4 is 39.5 Å². The number of hydrogen-bond acceptors (Lipinski definition) is 15. The van der Waals surface area contributed by atoms with Crippen molar-refractivity contribution in [2.24, 2.45) is 11.8 Å². The van der Waals surface area contributed by atoms with Crippen LogP contribution in [0.5, 0.6) is 0 Å². The Bertz CT molecular complexity index is 1650. The first-order valence-corrected chi connectivity index (χ1v) is 37.0. The maximum absolute atomic E-state index is 13.0. The Hall–Kier alpha value is -1.94. The summed E-state index contributed by atoms with van der Waals surface area (Å²) < 4.78 is 67.8. The molecule has 0 heterocycles. The Morgan fingerprint density at radius 3 is 0.810 bits per heavy atom. The number of rotatable bonds is 64. The van der Waals surface area contributed by atoms with Crippen LogP contribution >= 0.6 is 15.6 Å². The molecule has 0 aliphatic carbocycles. The minimum absolute atomic E-state index is 0.105. The van der Waals surface area contributed by atoms with Gasteiger partial charge < -0.3 is 33.8 Å². The van der Waals surface area contributed by atoms with Crippen molar-refractivity contribution in [3.05, 3.63) is 0 Å². The van der Waals surface area contributed by atoms with E-state index in [0.29, 0.717) is 25.7 Å². The summed E-state index contributed by atoms with van der Waals surface area (Å²) in [6.07, 6.45) is 40.6. The molecule has 84 heavy (non-hydrogen) atoms. The first-order valence-electron chi connectivity index (χ1n) is 34.0. The fourth-order valence-electron chi connectivity index (χ4n) is 9.71. The van der Waals surface area contributed by atoms with Gasteiger partial charge in [0.25, 0.3) is 0 Å². The molecule has 5 atom stereocenters. The Kier molecular flexibility index (Phi) is 56.2. The number of carbonyl (C=O) groups excluding carboxylic acids is 4. The second-order valence-electron chi connectivity index (χ2n) is 24.5. The number of phosphoric acid groups is 2. The van der Waals surface area contributed by atoms with Crippen LogP contribution in [0.4, 0.5) is 0 Å². The van der Waals surface area contributed by atoms with Gasteiger partial charge in [0.1, 0.15) is 19.3 Å². The molecular formula is C65H126O17P2. The molecule has 0 amide bonds. The van der Waals surface area contributed by atoms with Crippen molar-refractivity contribution in [1.82, 2.24) is 0 Å². The lowest BCUT2D eigenvalue weighted by Crippen LogP contribution is -2.30. The molecule has 0 aliphatic heterocycles. The summed E-state index contributed by atoms with van der Waals surface area (Å²) in [7, 11) is -9.88. The minimum Gasteiger partial charge on any atom is -0.462 e. The van der Waals surface area contributed by atoms with E-state index < -0.39 is 97.5 Å². The summed E-state index contributed by atoms with van der Waals surface area (Å²) in [5, 5.41) is 10.5. The maximum Gasteiger partial charge on any atom is 0.472 e. The van der Waals surface area contributed by atoms with Gasteiger partial charge in [-0.1, -0.05) is 273 Å². The molecule has 19 heteroatoms. The van der Waals surface area contributed by atoms with E-state index in [1.54, 1.807) is 0 Å². The third-order valence-electron chi connectivity index (χ3n) is 15.0. The lowest BCUT2D eigenvalue weighted by Gasteiger charge is -2.21. The third-order valence-corrected chi connectivity index (χ3v) is 16.9.